The lowest BCUT2D eigenvalue weighted by atomic mass is 10.1. The lowest BCUT2D eigenvalue weighted by Crippen LogP contribution is -2.30. The van der Waals surface area contributed by atoms with E-state index in [1.54, 1.807) is 36.7 Å². The molecule has 0 saturated carbocycles. The molecule has 0 spiro atoms. The van der Waals surface area contributed by atoms with E-state index in [4.69, 9.17) is 11.6 Å². The molecule has 0 fully saturated rings. The molecule has 4 nitrogen and oxygen atoms in total. The molecule has 0 bridgehead atoms. The third kappa shape index (κ3) is 4.55. The minimum absolute atomic E-state index is 0.0762. The maximum absolute atomic E-state index is 13.3. The number of carbonyl (C=O) groups excluding carboxylic acids is 1. The van der Waals surface area contributed by atoms with Gasteiger partial charge >= 0.3 is 6.18 Å². The standard InChI is InChI=1S/C22H15ClF3N3OS/c1-13-8-17(23)10-18-19(13)28-21(31-18)29(12-14-4-3-7-27-11-14)20(30)15-5-2-6-16(9-15)22(24,25)26/h2-11H,12H2,1H3. The molecule has 4 aromatic rings. The summed E-state index contributed by atoms with van der Waals surface area (Å²) in [6, 6.07) is 11.4. The highest BCUT2D eigenvalue weighted by atomic mass is 35.5. The molecule has 0 atom stereocenters. The minimum atomic E-state index is -4.55. The zero-order valence-electron chi connectivity index (χ0n) is 16.2. The van der Waals surface area contributed by atoms with Gasteiger partial charge in [0.25, 0.3) is 5.91 Å². The van der Waals surface area contributed by atoms with Crippen molar-refractivity contribution in [3.8, 4) is 0 Å². The quantitative estimate of drug-likeness (QED) is 0.347. The van der Waals surface area contributed by atoms with E-state index in [1.165, 1.54) is 28.4 Å². The van der Waals surface area contributed by atoms with Crippen molar-refractivity contribution >= 4 is 44.2 Å². The first-order valence-electron chi connectivity index (χ1n) is 9.17. The Morgan fingerprint density at radius 2 is 1.97 bits per heavy atom. The smallest absolute Gasteiger partial charge is 0.279 e. The van der Waals surface area contributed by atoms with Gasteiger partial charge in [-0.3, -0.25) is 14.7 Å². The highest BCUT2D eigenvalue weighted by Gasteiger charge is 2.32. The fourth-order valence-corrected chi connectivity index (χ4v) is 4.56. The van der Waals surface area contributed by atoms with Crippen LogP contribution in [0, 0.1) is 6.92 Å². The topological polar surface area (TPSA) is 46.1 Å². The van der Waals surface area contributed by atoms with Crippen LogP contribution in [0.5, 0.6) is 0 Å². The fourth-order valence-electron chi connectivity index (χ4n) is 3.14. The molecule has 0 aliphatic carbocycles. The van der Waals surface area contributed by atoms with Gasteiger partial charge in [-0.25, -0.2) is 4.98 Å². The maximum Gasteiger partial charge on any atom is 0.416 e. The van der Waals surface area contributed by atoms with Gasteiger partial charge in [0.1, 0.15) is 0 Å². The summed E-state index contributed by atoms with van der Waals surface area (Å²) in [5.41, 5.74) is 1.30. The van der Waals surface area contributed by atoms with Crippen LogP contribution >= 0.6 is 22.9 Å². The molecule has 0 saturated heterocycles. The molecule has 2 aromatic carbocycles. The molecule has 0 aliphatic heterocycles. The van der Waals surface area contributed by atoms with Crippen LogP contribution in [-0.2, 0) is 12.7 Å². The van der Waals surface area contributed by atoms with E-state index in [0.717, 1.165) is 28.0 Å². The summed E-state index contributed by atoms with van der Waals surface area (Å²) in [6.07, 6.45) is -1.35. The van der Waals surface area contributed by atoms with Crippen LogP contribution in [-0.4, -0.2) is 15.9 Å². The van der Waals surface area contributed by atoms with E-state index in [-0.39, 0.29) is 12.1 Å². The molecule has 9 heteroatoms. The number of carbonyl (C=O) groups is 1. The zero-order chi connectivity index (χ0) is 22.2. The summed E-state index contributed by atoms with van der Waals surface area (Å²) in [4.78, 5) is 23.3. The molecule has 2 heterocycles. The molecular formula is C22H15ClF3N3OS. The van der Waals surface area contributed by atoms with Gasteiger partial charge in [-0.2, -0.15) is 13.2 Å². The van der Waals surface area contributed by atoms with Gasteiger partial charge in [0.15, 0.2) is 5.13 Å². The predicted octanol–water partition coefficient (Wildman–Crippen LogP) is 6.52. The summed E-state index contributed by atoms with van der Waals surface area (Å²) in [5.74, 6) is -0.585. The number of nitrogens with zero attached hydrogens (tertiary/aromatic N) is 3. The average Bonchev–Trinajstić information content (AvgIpc) is 3.16. The number of amides is 1. The summed E-state index contributed by atoms with van der Waals surface area (Å²) < 4.78 is 40.3. The number of aromatic nitrogens is 2. The number of alkyl halides is 3. The number of hydrogen-bond donors (Lipinski definition) is 0. The molecule has 31 heavy (non-hydrogen) atoms. The van der Waals surface area contributed by atoms with E-state index < -0.39 is 17.6 Å². The van der Waals surface area contributed by atoms with Crippen LogP contribution < -0.4 is 4.90 Å². The third-order valence-corrected chi connectivity index (χ3v) is 5.86. The number of aryl methyl sites for hydroxylation is 1. The first kappa shape index (κ1) is 21.3. The molecule has 0 unspecified atom stereocenters. The van der Waals surface area contributed by atoms with E-state index >= 15 is 0 Å². The van der Waals surface area contributed by atoms with Gasteiger partial charge in [-0.1, -0.05) is 35.1 Å². The summed E-state index contributed by atoms with van der Waals surface area (Å²) >= 11 is 7.40. The lowest BCUT2D eigenvalue weighted by Gasteiger charge is -2.20. The first-order chi connectivity index (χ1) is 14.7. The number of anilines is 1. The van der Waals surface area contributed by atoms with Crippen LogP contribution in [0.3, 0.4) is 0 Å². The Hall–Kier alpha value is -2.97. The summed E-state index contributed by atoms with van der Waals surface area (Å²) in [7, 11) is 0. The number of pyridine rings is 1. The molecule has 158 valence electrons. The van der Waals surface area contributed by atoms with Crippen LogP contribution in [0.4, 0.5) is 18.3 Å². The van der Waals surface area contributed by atoms with Crippen molar-refractivity contribution < 1.29 is 18.0 Å². The van der Waals surface area contributed by atoms with Gasteiger partial charge in [0.05, 0.1) is 22.3 Å². The van der Waals surface area contributed by atoms with Crippen LogP contribution in [0.1, 0.15) is 27.0 Å². The Morgan fingerprint density at radius 3 is 2.68 bits per heavy atom. The zero-order valence-corrected chi connectivity index (χ0v) is 17.7. The van der Waals surface area contributed by atoms with Crippen molar-refractivity contribution in [1.82, 2.24) is 9.97 Å². The number of halogens is 4. The second-order valence-corrected chi connectivity index (χ2v) is 8.34. The highest BCUT2D eigenvalue weighted by Crippen LogP contribution is 2.35. The second-order valence-electron chi connectivity index (χ2n) is 6.90. The largest absolute Gasteiger partial charge is 0.416 e. The van der Waals surface area contributed by atoms with E-state index in [1.807, 2.05) is 6.92 Å². The van der Waals surface area contributed by atoms with Crippen molar-refractivity contribution in [3.63, 3.8) is 0 Å². The number of fused-ring (bicyclic) bond motifs is 1. The van der Waals surface area contributed by atoms with Crippen LogP contribution in [0.2, 0.25) is 5.02 Å². The average molecular weight is 462 g/mol. The van der Waals surface area contributed by atoms with Crippen molar-refractivity contribution in [2.45, 2.75) is 19.6 Å². The van der Waals surface area contributed by atoms with Crippen molar-refractivity contribution in [1.29, 1.82) is 0 Å². The van der Waals surface area contributed by atoms with Crippen LogP contribution in [0.25, 0.3) is 10.2 Å². The summed E-state index contributed by atoms with van der Waals surface area (Å²) in [5, 5.41) is 0.912. The monoisotopic (exact) mass is 461 g/mol. The molecule has 2 aromatic heterocycles. The maximum atomic E-state index is 13.3. The van der Waals surface area contributed by atoms with Gasteiger partial charge < -0.3 is 0 Å². The van der Waals surface area contributed by atoms with E-state index in [9.17, 15) is 18.0 Å². The van der Waals surface area contributed by atoms with E-state index in [0.29, 0.717) is 15.7 Å². The third-order valence-electron chi connectivity index (χ3n) is 4.62. The lowest BCUT2D eigenvalue weighted by molar-refractivity contribution is -0.137. The fraction of sp³-hybridized carbons (Fsp3) is 0.136. The van der Waals surface area contributed by atoms with E-state index in [2.05, 4.69) is 9.97 Å². The first-order valence-corrected chi connectivity index (χ1v) is 10.4. The number of hydrogen-bond acceptors (Lipinski definition) is 4. The van der Waals surface area contributed by atoms with Gasteiger partial charge in [-0.05, 0) is 54.4 Å². The number of thiazole rings is 1. The predicted molar refractivity (Wildman–Crippen MR) is 116 cm³/mol. The van der Waals surface area contributed by atoms with Crippen LogP contribution in [0.15, 0.2) is 60.9 Å². The number of benzene rings is 2. The second kappa shape index (κ2) is 8.28. The molecule has 1 amide bonds. The SMILES string of the molecule is Cc1cc(Cl)cc2sc(N(Cc3cccnc3)C(=O)c3cccc(C(F)(F)F)c3)nc12. The Balaban J connectivity index is 1.80. The van der Waals surface area contributed by atoms with Crippen molar-refractivity contribution in [2.24, 2.45) is 0 Å². The van der Waals surface area contributed by atoms with Crippen molar-refractivity contribution in [2.75, 3.05) is 4.90 Å². The molecule has 4 rings (SSSR count). The number of rotatable bonds is 4. The Kier molecular flexibility index (Phi) is 5.68. The van der Waals surface area contributed by atoms with Gasteiger partial charge in [-0.15, -0.1) is 0 Å². The highest BCUT2D eigenvalue weighted by molar-refractivity contribution is 7.22. The Bertz CT molecular complexity index is 1260. The van der Waals surface area contributed by atoms with Crippen molar-refractivity contribution in [3.05, 3.63) is 88.2 Å². The molecule has 0 radical (unpaired) electrons. The minimum Gasteiger partial charge on any atom is -0.279 e. The Morgan fingerprint density at radius 1 is 1.16 bits per heavy atom. The van der Waals surface area contributed by atoms with Gasteiger partial charge in [0, 0.05) is 23.0 Å². The molecule has 0 aliphatic rings. The summed E-state index contributed by atoms with van der Waals surface area (Å²) in [6.45, 7) is 1.97. The molecule has 0 N–H and O–H groups in total. The molecular weight excluding hydrogens is 447 g/mol. The Labute approximate surface area is 184 Å². The van der Waals surface area contributed by atoms with Gasteiger partial charge in [0.2, 0.25) is 0 Å². The normalized spacial score (nSPS) is 11.6.